The molecule has 0 spiro atoms. The minimum atomic E-state index is -0.833. The highest BCUT2D eigenvalue weighted by Gasteiger charge is 2.20. The van der Waals surface area contributed by atoms with Crippen LogP contribution in [-0.2, 0) is 28.6 Å². The van der Waals surface area contributed by atoms with Crippen molar-refractivity contribution in [3.8, 4) is 17.2 Å². The molecule has 0 heterocycles. The number of methoxy groups -OCH3 is 2. The Bertz CT molecular complexity index is 1850. The zero-order chi connectivity index (χ0) is 55.5. The first-order valence-electron chi connectivity index (χ1n) is 30.5. The van der Waals surface area contributed by atoms with Crippen molar-refractivity contribution < 1.29 is 47.6 Å². The number of hydrogen-bond acceptors (Lipinski definition) is 10. The Balaban J connectivity index is 1.62. The Hall–Kier alpha value is -5.06. The standard InChI is InChI=1S/C66H105NO10/c1-5-7-9-11-13-15-17-19-21-23-25-27-30-34-38-42-63(68)74-55-62(76-65(70)44-40-36-31-28-26-24-22-20-18-16-14-12-10-8-6-2)56-75-64(69)43-39-35-32-29-33-37-41-51-67-66(71)77-59-49-47-57(48-50-59)45-46-58-52-60(72-3)54-61(53-58)73-4/h19-22,45-50,52-54,62H,5-18,23-44,51,55-56H2,1-4H3,(H,67,71)/b21-19-,22-20-,46-45+. The molecule has 0 saturated carbocycles. The van der Waals surface area contributed by atoms with Crippen LogP contribution in [-0.4, -0.2) is 64.1 Å². The molecule has 2 rings (SSSR count). The zero-order valence-electron chi connectivity index (χ0n) is 48.7. The van der Waals surface area contributed by atoms with Crippen LogP contribution in [0.3, 0.4) is 0 Å². The van der Waals surface area contributed by atoms with Crippen molar-refractivity contribution in [3.63, 3.8) is 0 Å². The van der Waals surface area contributed by atoms with E-state index in [0.717, 1.165) is 120 Å². The molecule has 11 nitrogen and oxygen atoms in total. The number of rotatable bonds is 50. The van der Waals surface area contributed by atoms with Crippen LogP contribution in [0.5, 0.6) is 17.2 Å². The van der Waals surface area contributed by atoms with Gasteiger partial charge in [0.15, 0.2) is 6.10 Å². The number of nitrogens with one attached hydrogen (secondary N) is 1. The van der Waals surface area contributed by atoms with E-state index in [9.17, 15) is 19.2 Å². The third kappa shape index (κ3) is 40.8. The first kappa shape index (κ1) is 68.0. The molecule has 0 aliphatic carbocycles. The minimum Gasteiger partial charge on any atom is -0.497 e. The van der Waals surface area contributed by atoms with Crippen molar-refractivity contribution in [2.75, 3.05) is 34.0 Å². The van der Waals surface area contributed by atoms with E-state index in [1.165, 1.54) is 96.3 Å². The van der Waals surface area contributed by atoms with E-state index < -0.39 is 12.2 Å². The third-order valence-electron chi connectivity index (χ3n) is 13.7. The molecule has 0 aliphatic heterocycles. The van der Waals surface area contributed by atoms with Gasteiger partial charge in [0, 0.05) is 31.9 Å². The molecule has 11 heteroatoms. The quantitative estimate of drug-likeness (QED) is 0.0224. The molecule has 0 aromatic heterocycles. The van der Waals surface area contributed by atoms with Gasteiger partial charge in [0.2, 0.25) is 0 Å². The number of amides is 1. The van der Waals surface area contributed by atoms with E-state index in [2.05, 4.69) is 43.5 Å². The molecule has 2 aromatic carbocycles. The van der Waals surface area contributed by atoms with Gasteiger partial charge in [-0.25, -0.2) is 4.79 Å². The third-order valence-corrected chi connectivity index (χ3v) is 13.7. The largest absolute Gasteiger partial charge is 0.497 e. The van der Waals surface area contributed by atoms with E-state index >= 15 is 0 Å². The molecule has 0 fully saturated rings. The van der Waals surface area contributed by atoms with Crippen molar-refractivity contribution in [2.45, 2.75) is 251 Å². The maximum atomic E-state index is 12.9. The molecule has 77 heavy (non-hydrogen) atoms. The van der Waals surface area contributed by atoms with E-state index in [-0.39, 0.29) is 44.0 Å². The molecule has 1 unspecified atom stereocenters. The molecular formula is C66H105NO10. The van der Waals surface area contributed by atoms with Gasteiger partial charge in [-0.2, -0.15) is 0 Å². The number of unbranched alkanes of at least 4 members (excludes halogenated alkanes) is 28. The molecule has 1 atom stereocenters. The van der Waals surface area contributed by atoms with Crippen LogP contribution >= 0.6 is 0 Å². The smallest absolute Gasteiger partial charge is 0.412 e. The number of ether oxygens (including phenoxy) is 6. The van der Waals surface area contributed by atoms with Gasteiger partial charge in [0.1, 0.15) is 30.5 Å². The van der Waals surface area contributed by atoms with Crippen LogP contribution in [0.15, 0.2) is 66.8 Å². The van der Waals surface area contributed by atoms with Crippen LogP contribution < -0.4 is 19.5 Å². The highest BCUT2D eigenvalue weighted by Crippen LogP contribution is 2.24. The second-order valence-corrected chi connectivity index (χ2v) is 20.7. The van der Waals surface area contributed by atoms with E-state index in [1.807, 2.05) is 42.5 Å². The van der Waals surface area contributed by atoms with Crippen molar-refractivity contribution in [1.29, 1.82) is 0 Å². The maximum Gasteiger partial charge on any atom is 0.412 e. The molecule has 2 aromatic rings. The SMILES string of the molecule is CCCCCCCC/C=C\CCCCCCCC(=O)OCC(COC(=O)CCCCCCCCCNC(=O)Oc1ccc(/C=C/c2cc(OC)cc(OC)c2)cc1)OC(=O)CCCCCCC/C=C\CCCCCCCC. The summed E-state index contributed by atoms with van der Waals surface area (Å²) < 4.78 is 33.0. The lowest BCUT2D eigenvalue weighted by Crippen LogP contribution is -2.30. The summed E-state index contributed by atoms with van der Waals surface area (Å²) in [6.07, 6.45) is 50.0. The molecule has 0 aliphatic rings. The maximum absolute atomic E-state index is 12.9. The fourth-order valence-electron chi connectivity index (χ4n) is 8.93. The molecule has 0 radical (unpaired) electrons. The zero-order valence-corrected chi connectivity index (χ0v) is 48.7. The van der Waals surface area contributed by atoms with Gasteiger partial charge in [-0.15, -0.1) is 0 Å². The number of carbonyl (C=O) groups excluding carboxylic acids is 4. The van der Waals surface area contributed by atoms with Crippen LogP contribution in [0, 0.1) is 0 Å². The van der Waals surface area contributed by atoms with Crippen LogP contribution in [0.2, 0.25) is 0 Å². The number of allylic oxidation sites excluding steroid dienone is 4. The summed E-state index contributed by atoms with van der Waals surface area (Å²) in [6.45, 7) is 4.78. The summed E-state index contributed by atoms with van der Waals surface area (Å²) in [5, 5.41) is 2.83. The van der Waals surface area contributed by atoms with Crippen molar-refractivity contribution in [3.05, 3.63) is 77.9 Å². The Morgan fingerprint density at radius 1 is 0.429 bits per heavy atom. The Morgan fingerprint density at radius 3 is 1.23 bits per heavy atom. The summed E-state index contributed by atoms with van der Waals surface area (Å²) in [5.41, 5.74) is 1.90. The van der Waals surface area contributed by atoms with E-state index in [4.69, 9.17) is 28.4 Å². The van der Waals surface area contributed by atoms with Gasteiger partial charge in [-0.3, -0.25) is 14.4 Å². The predicted octanol–water partition coefficient (Wildman–Crippen LogP) is 18.2. The Labute approximate surface area is 467 Å². The highest BCUT2D eigenvalue weighted by molar-refractivity contribution is 5.73. The van der Waals surface area contributed by atoms with Crippen molar-refractivity contribution in [2.24, 2.45) is 0 Å². The number of benzene rings is 2. The second kappa shape index (κ2) is 49.2. The highest BCUT2D eigenvalue weighted by atomic mass is 16.6. The lowest BCUT2D eigenvalue weighted by molar-refractivity contribution is -0.167. The minimum absolute atomic E-state index is 0.123. The Kier molecular flexibility index (Phi) is 43.5. The molecule has 0 saturated heterocycles. The van der Waals surface area contributed by atoms with Crippen molar-refractivity contribution in [1.82, 2.24) is 5.32 Å². The van der Waals surface area contributed by atoms with Crippen molar-refractivity contribution >= 4 is 36.2 Å². The molecule has 0 bridgehead atoms. The first-order valence-corrected chi connectivity index (χ1v) is 30.5. The lowest BCUT2D eigenvalue weighted by atomic mass is 10.1. The number of hydrogen-bond donors (Lipinski definition) is 1. The van der Waals surface area contributed by atoms with Crippen LogP contribution in [0.1, 0.15) is 256 Å². The normalized spacial score (nSPS) is 11.8. The topological polar surface area (TPSA) is 136 Å². The fourth-order valence-corrected chi connectivity index (χ4v) is 8.93. The first-order chi connectivity index (χ1) is 37.8. The van der Waals surface area contributed by atoms with Gasteiger partial charge in [0.25, 0.3) is 0 Å². The summed E-state index contributed by atoms with van der Waals surface area (Å²) in [6, 6.07) is 13.0. The van der Waals surface area contributed by atoms with E-state index in [1.54, 1.807) is 26.4 Å². The molecule has 1 N–H and O–H groups in total. The predicted molar refractivity (Wildman–Crippen MR) is 317 cm³/mol. The monoisotopic (exact) mass is 1070 g/mol. The van der Waals surface area contributed by atoms with Crippen LogP contribution in [0.4, 0.5) is 4.79 Å². The number of esters is 3. The second-order valence-electron chi connectivity index (χ2n) is 20.7. The Morgan fingerprint density at radius 2 is 0.805 bits per heavy atom. The van der Waals surface area contributed by atoms with Gasteiger partial charge in [-0.1, -0.05) is 197 Å². The van der Waals surface area contributed by atoms with E-state index in [0.29, 0.717) is 36.6 Å². The fraction of sp³-hybridized carbons (Fsp3) is 0.667. The lowest BCUT2D eigenvalue weighted by Gasteiger charge is -2.18. The summed E-state index contributed by atoms with van der Waals surface area (Å²) in [7, 11) is 3.24. The number of carbonyl (C=O) groups is 4. The van der Waals surface area contributed by atoms with Crippen LogP contribution in [0.25, 0.3) is 12.2 Å². The molecule has 1 amide bonds. The summed E-state index contributed by atoms with van der Waals surface area (Å²) in [5.74, 6) is 0.874. The summed E-state index contributed by atoms with van der Waals surface area (Å²) in [4.78, 5) is 50.7. The van der Waals surface area contributed by atoms with Gasteiger partial charge in [0.05, 0.1) is 14.2 Å². The van der Waals surface area contributed by atoms with Gasteiger partial charge in [-0.05, 0) is 112 Å². The van der Waals surface area contributed by atoms with Gasteiger partial charge >= 0.3 is 24.0 Å². The molecular weight excluding hydrogens is 967 g/mol. The average Bonchev–Trinajstić information content (AvgIpc) is 3.43. The molecule has 434 valence electrons. The summed E-state index contributed by atoms with van der Waals surface area (Å²) >= 11 is 0. The average molecular weight is 1070 g/mol. The van der Waals surface area contributed by atoms with Gasteiger partial charge < -0.3 is 33.7 Å².